The van der Waals surface area contributed by atoms with Gasteiger partial charge in [0.1, 0.15) is 11.6 Å². The van der Waals surface area contributed by atoms with Crippen LogP contribution in [0.2, 0.25) is 0 Å². The van der Waals surface area contributed by atoms with Gasteiger partial charge in [-0.05, 0) is 31.0 Å². The van der Waals surface area contributed by atoms with Crippen molar-refractivity contribution in [3.05, 3.63) is 35.7 Å². The van der Waals surface area contributed by atoms with Gasteiger partial charge in [-0.2, -0.15) is 4.37 Å². The topological polar surface area (TPSA) is 49.2 Å². The van der Waals surface area contributed by atoms with Crippen LogP contribution in [0.1, 0.15) is 39.1 Å². The van der Waals surface area contributed by atoms with Gasteiger partial charge >= 0.3 is 0 Å². The molecule has 0 aliphatic rings. The zero-order valence-corrected chi connectivity index (χ0v) is 14.1. The van der Waals surface area contributed by atoms with Crippen molar-refractivity contribution in [3.8, 4) is 5.75 Å². The zero-order valence-electron chi connectivity index (χ0n) is 13.3. The van der Waals surface area contributed by atoms with Crippen LogP contribution in [0.5, 0.6) is 5.75 Å². The molecule has 0 radical (unpaired) electrons. The van der Waals surface area contributed by atoms with Crippen LogP contribution in [0, 0.1) is 0 Å². The lowest BCUT2D eigenvalue weighted by Crippen LogP contribution is -2.30. The van der Waals surface area contributed by atoms with Crippen molar-refractivity contribution in [3.63, 3.8) is 0 Å². The number of likely N-dealkylation sites (N-methyl/N-ethyl adjacent to an activating group) is 1. The van der Waals surface area contributed by atoms with E-state index in [1.54, 1.807) is 12.1 Å². The highest BCUT2D eigenvalue weighted by Crippen LogP contribution is 2.26. The van der Waals surface area contributed by atoms with Gasteiger partial charge in [-0.25, -0.2) is 4.98 Å². The lowest BCUT2D eigenvalue weighted by atomic mass is 9.96. The maximum Gasteiger partial charge on any atom is 0.205 e. The molecule has 5 heteroatoms. The van der Waals surface area contributed by atoms with Gasteiger partial charge in [0, 0.05) is 30.0 Å². The monoisotopic (exact) mass is 305 g/mol. The van der Waals surface area contributed by atoms with Crippen molar-refractivity contribution in [2.24, 2.45) is 0 Å². The summed E-state index contributed by atoms with van der Waals surface area (Å²) in [6.45, 7) is 8.54. The second-order valence-electron chi connectivity index (χ2n) is 6.48. The first kappa shape index (κ1) is 15.8. The standard InChI is InChI=1S/C16H23N3OS/c1-11(10-12-6-8-13(20)9-7-12)19(5)15-17-14(18-21-15)16(2,3)4/h6-9,11,20H,10H2,1-5H3. The molecule has 0 spiro atoms. The summed E-state index contributed by atoms with van der Waals surface area (Å²) in [7, 11) is 2.05. The Hall–Kier alpha value is -1.62. The van der Waals surface area contributed by atoms with Crippen molar-refractivity contribution >= 4 is 16.7 Å². The van der Waals surface area contributed by atoms with Crippen LogP contribution in [0.3, 0.4) is 0 Å². The van der Waals surface area contributed by atoms with Crippen LogP contribution < -0.4 is 4.90 Å². The normalized spacial score (nSPS) is 13.2. The van der Waals surface area contributed by atoms with Gasteiger partial charge in [0.25, 0.3) is 0 Å². The molecule has 1 heterocycles. The van der Waals surface area contributed by atoms with E-state index in [1.165, 1.54) is 17.1 Å². The van der Waals surface area contributed by atoms with E-state index >= 15 is 0 Å². The highest BCUT2D eigenvalue weighted by Gasteiger charge is 2.22. The van der Waals surface area contributed by atoms with Crippen molar-refractivity contribution in [2.45, 2.75) is 45.6 Å². The van der Waals surface area contributed by atoms with Crippen LogP contribution in [0.4, 0.5) is 5.13 Å². The number of hydrogen-bond acceptors (Lipinski definition) is 5. The Kier molecular flexibility index (Phi) is 4.52. The number of aromatic hydroxyl groups is 1. The summed E-state index contributed by atoms with van der Waals surface area (Å²) < 4.78 is 4.47. The van der Waals surface area contributed by atoms with Crippen LogP contribution >= 0.6 is 11.5 Å². The number of aromatic nitrogens is 2. The number of anilines is 1. The predicted molar refractivity (Wildman–Crippen MR) is 88.3 cm³/mol. The van der Waals surface area contributed by atoms with E-state index in [0.29, 0.717) is 11.8 Å². The van der Waals surface area contributed by atoms with Crippen LogP contribution in [-0.2, 0) is 11.8 Å². The molecule has 1 unspecified atom stereocenters. The van der Waals surface area contributed by atoms with Gasteiger partial charge in [0.2, 0.25) is 5.13 Å². The third-order valence-electron chi connectivity index (χ3n) is 3.52. The second kappa shape index (κ2) is 6.02. The maximum atomic E-state index is 9.33. The van der Waals surface area contributed by atoms with Gasteiger partial charge in [-0.1, -0.05) is 32.9 Å². The number of nitrogens with zero attached hydrogens (tertiary/aromatic N) is 3. The fourth-order valence-corrected chi connectivity index (χ4v) is 2.88. The molecule has 0 amide bonds. The van der Waals surface area contributed by atoms with E-state index in [0.717, 1.165) is 17.4 Å². The Labute approximate surface area is 130 Å². The van der Waals surface area contributed by atoms with Crippen LogP contribution in [0.15, 0.2) is 24.3 Å². The smallest absolute Gasteiger partial charge is 0.205 e. The van der Waals surface area contributed by atoms with Crippen LogP contribution in [-0.4, -0.2) is 27.6 Å². The summed E-state index contributed by atoms with van der Waals surface area (Å²) in [5.41, 5.74) is 1.18. The first-order valence-electron chi connectivity index (χ1n) is 7.12. The molecule has 4 nitrogen and oxygen atoms in total. The van der Waals surface area contributed by atoms with Gasteiger partial charge in [-0.3, -0.25) is 0 Å². The Balaban J connectivity index is 2.06. The summed E-state index contributed by atoms with van der Waals surface area (Å²) in [5.74, 6) is 1.20. The molecule has 114 valence electrons. The molecule has 2 rings (SSSR count). The van der Waals surface area contributed by atoms with E-state index in [1.807, 2.05) is 12.1 Å². The lowest BCUT2D eigenvalue weighted by Gasteiger charge is -2.24. The quantitative estimate of drug-likeness (QED) is 0.937. The Morgan fingerprint density at radius 1 is 1.24 bits per heavy atom. The SMILES string of the molecule is CC(Cc1ccc(O)cc1)N(C)c1nc(C(C)(C)C)ns1. The number of hydrogen-bond donors (Lipinski definition) is 1. The lowest BCUT2D eigenvalue weighted by molar-refractivity contribution is 0.475. The maximum absolute atomic E-state index is 9.33. The fourth-order valence-electron chi connectivity index (χ4n) is 1.96. The molecule has 0 saturated heterocycles. The van der Waals surface area contributed by atoms with Gasteiger partial charge in [0.05, 0.1) is 0 Å². The highest BCUT2D eigenvalue weighted by atomic mass is 32.1. The second-order valence-corrected chi connectivity index (χ2v) is 7.21. The fraction of sp³-hybridized carbons (Fsp3) is 0.500. The van der Waals surface area contributed by atoms with Crippen molar-refractivity contribution in [2.75, 3.05) is 11.9 Å². The molecular weight excluding hydrogens is 282 g/mol. The van der Waals surface area contributed by atoms with E-state index in [2.05, 4.69) is 49.0 Å². The van der Waals surface area contributed by atoms with Gasteiger partial charge in [-0.15, -0.1) is 0 Å². The summed E-state index contributed by atoms with van der Waals surface area (Å²) in [6.07, 6.45) is 0.904. The Morgan fingerprint density at radius 3 is 2.38 bits per heavy atom. The third-order valence-corrected chi connectivity index (χ3v) is 4.32. The van der Waals surface area contributed by atoms with Gasteiger partial charge in [0.15, 0.2) is 0 Å². The molecule has 1 aromatic heterocycles. The zero-order chi connectivity index (χ0) is 15.6. The molecule has 1 N–H and O–H groups in total. The van der Waals surface area contributed by atoms with E-state index in [-0.39, 0.29) is 5.41 Å². The summed E-state index contributed by atoms with van der Waals surface area (Å²) in [5, 5.41) is 10.3. The minimum Gasteiger partial charge on any atom is -0.508 e. The predicted octanol–water partition coefficient (Wildman–Crippen LogP) is 3.61. The largest absolute Gasteiger partial charge is 0.508 e. The molecule has 2 aromatic rings. The molecule has 0 saturated carbocycles. The number of rotatable bonds is 4. The summed E-state index contributed by atoms with van der Waals surface area (Å²) in [6, 6.07) is 7.69. The van der Waals surface area contributed by atoms with Crippen LogP contribution in [0.25, 0.3) is 0 Å². The Morgan fingerprint density at radius 2 is 1.86 bits per heavy atom. The van der Waals surface area contributed by atoms with Crippen molar-refractivity contribution < 1.29 is 5.11 Å². The summed E-state index contributed by atoms with van der Waals surface area (Å²) >= 11 is 1.45. The van der Waals surface area contributed by atoms with E-state index in [9.17, 15) is 5.11 Å². The third kappa shape index (κ3) is 3.94. The van der Waals surface area contributed by atoms with Gasteiger partial charge < -0.3 is 10.0 Å². The van der Waals surface area contributed by atoms with E-state index in [4.69, 9.17) is 0 Å². The minimum atomic E-state index is -0.0181. The molecule has 1 atom stereocenters. The number of phenolic OH excluding ortho intramolecular Hbond substituents is 1. The number of benzene rings is 1. The average Bonchev–Trinajstić information content (AvgIpc) is 2.90. The first-order valence-corrected chi connectivity index (χ1v) is 7.89. The van der Waals surface area contributed by atoms with Crippen molar-refractivity contribution in [1.29, 1.82) is 0 Å². The number of phenols is 1. The molecule has 1 aromatic carbocycles. The average molecular weight is 305 g/mol. The molecular formula is C16H23N3OS. The molecule has 0 fully saturated rings. The molecule has 0 aliphatic carbocycles. The Bertz CT molecular complexity index is 586. The molecule has 0 aliphatic heterocycles. The molecule has 0 bridgehead atoms. The van der Waals surface area contributed by atoms with Crippen molar-refractivity contribution in [1.82, 2.24) is 9.36 Å². The highest BCUT2D eigenvalue weighted by molar-refractivity contribution is 7.09. The summed E-state index contributed by atoms with van der Waals surface area (Å²) in [4.78, 5) is 6.82. The minimum absolute atomic E-state index is 0.0181. The first-order chi connectivity index (χ1) is 9.77. The molecule has 21 heavy (non-hydrogen) atoms. The van der Waals surface area contributed by atoms with E-state index < -0.39 is 0 Å².